The van der Waals surface area contributed by atoms with E-state index in [2.05, 4.69) is 11.4 Å². The lowest BCUT2D eigenvalue weighted by molar-refractivity contribution is -0.117. The predicted octanol–water partition coefficient (Wildman–Crippen LogP) is 2.28. The molecule has 2 amide bonds. The minimum atomic E-state index is -0.545. The van der Waals surface area contributed by atoms with Gasteiger partial charge in [0.2, 0.25) is 5.91 Å². The van der Waals surface area contributed by atoms with E-state index in [1.54, 1.807) is 23.6 Å². The smallest absolute Gasteiger partial charge is 0.251 e. The number of hydrogen-bond donors (Lipinski definition) is 3. The van der Waals surface area contributed by atoms with Gasteiger partial charge in [-0.3, -0.25) is 14.5 Å². The Morgan fingerprint density at radius 1 is 1.24 bits per heavy atom. The molecule has 4 N–H and O–H groups in total. The molecule has 2 aromatic rings. The SMILES string of the molecule is NC(=O)c1ccsc1NC(=O)CN1CC=C(c2ccc(O)cc2)CC1. The molecule has 0 fully saturated rings. The first-order valence-electron chi connectivity index (χ1n) is 7.91. The molecule has 2 heterocycles. The van der Waals surface area contributed by atoms with Gasteiger partial charge in [-0.05, 0) is 41.1 Å². The van der Waals surface area contributed by atoms with Gasteiger partial charge in [0.25, 0.3) is 5.91 Å². The first-order valence-corrected chi connectivity index (χ1v) is 8.79. The molecule has 0 bridgehead atoms. The molecular formula is C18H19N3O3S. The Bertz CT molecular complexity index is 811. The van der Waals surface area contributed by atoms with Crippen LogP contribution in [0.5, 0.6) is 5.75 Å². The molecular weight excluding hydrogens is 338 g/mol. The number of thiophene rings is 1. The third-order valence-electron chi connectivity index (χ3n) is 4.08. The first kappa shape index (κ1) is 17.2. The number of phenols is 1. The molecule has 0 unspecified atom stereocenters. The molecule has 1 aromatic heterocycles. The van der Waals surface area contributed by atoms with Crippen LogP contribution in [0.15, 0.2) is 41.8 Å². The van der Waals surface area contributed by atoms with Crippen LogP contribution in [-0.2, 0) is 4.79 Å². The Kier molecular flexibility index (Phi) is 5.16. The molecule has 1 aliphatic rings. The summed E-state index contributed by atoms with van der Waals surface area (Å²) < 4.78 is 0. The van der Waals surface area contributed by atoms with Crippen molar-refractivity contribution in [1.29, 1.82) is 0 Å². The molecule has 0 saturated carbocycles. The number of phenolic OH excluding ortho intramolecular Hbond substituents is 1. The Morgan fingerprint density at radius 2 is 2.00 bits per heavy atom. The van der Waals surface area contributed by atoms with Gasteiger partial charge in [0.05, 0.1) is 12.1 Å². The summed E-state index contributed by atoms with van der Waals surface area (Å²) in [5, 5.41) is 14.3. The summed E-state index contributed by atoms with van der Waals surface area (Å²) in [6.45, 7) is 1.71. The Morgan fingerprint density at radius 3 is 2.64 bits per heavy atom. The summed E-state index contributed by atoms with van der Waals surface area (Å²) in [6, 6.07) is 8.74. The van der Waals surface area contributed by atoms with Crippen molar-refractivity contribution in [2.45, 2.75) is 6.42 Å². The maximum absolute atomic E-state index is 12.2. The second-order valence-electron chi connectivity index (χ2n) is 5.84. The zero-order valence-corrected chi connectivity index (χ0v) is 14.4. The van der Waals surface area contributed by atoms with E-state index in [-0.39, 0.29) is 18.2 Å². The van der Waals surface area contributed by atoms with Crippen molar-refractivity contribution in [1.82, 2.24) is 4.90 Å². The van der Waals surface area contributed by atoms with Gasteiger partial charge < -0.3 is 16.2 Å². The number of nitrogens with two attached hydrogens (primary N) is 1. The fourth-order valence-electron chi connectivity index (χ4n) is 2.76. The van der Waals surface area contributed by atoms with Crippen molar-refractivity contribution >= 4 is 33.7 Å². The fourth-order valence-corrected chi connectivity index (χ4v) is 3.57. The Labute approximate surface area is 149 Å². The largest absolute Gasteiger partial charge is 0.508 e. The summed E-state index contributed by atoms with van der Waals surface area (Å²) in [6.07, 6.45) is 2.94. The second-order valence-corrected chi connectivity index (χ2v) is 6.75. The number of nitrogens with one attached hydrogen (secondary N) is 1. The lowest BCUT2D eigenvalue weighted by Crippen LogP contribution is -2.36. The molecule has 0 spiro atoms. The molecule has 0 aliphatic carbocycles. The summed E-state index contributed by atoms with van der Waals surface area (Å²) in [5.41, 5.74) is 7.92. The third-order valence-corrected chi connectivity index (χ3v) is 4.91. The van der Waals surface area contributed by atoms with Crippen LogP contribution >= 0.6 is 11.3 Å². The number of primary amides is 1. The topological polar surface area (TPSA) is 95.7 Å². The van der Waals surface area contributed by atoms with E-state index in [0.29, 0.717) is 17.1 Å². The van der Waals surface area contributed by atoms with Gasteiger partial charge in [0.15, 0.2) is 0 Å². The molecule has 25 heavy (non-hydrogen) atoms. The van der Waals surface area contributed by atoms with Crippen molar-refractivity contribution in [3.63, 3.8) is 0 Å². The average Bonchev–Trinajstić information content (AvgIpc) is 3.04. The minimum Gasteiger partial charge on any atom is -0.508 e. The van der Waals surface area contributed by atoms with E-state index in [0.717, 1.165) is 18.5 Å². The molecule has 6 nitrogen and oxygen atoms in total. The summed E-state index contributed by atoms with van der Waals surface area (Å²) >= 11 is 1.28. The van der Waals surface area contributed by atoms with E-state index in [4.69, 9.17) is 5.73 Å². The van der Waals surface area contributed by atoms with Crippen LogP contribution in [0.25, 0.3) is 5.57 Å². The van der Waals surface area contributed by atoms with Gasteiger partial charge >= 0.3 is 0 Å². The predicted molar refractivity (Wildman–Crippen MR) is 98.6 cm³/mol. The lowest BCUT2D eigenvalue weighted by Gasteiger charge is -2.25. The van der Waals surface area contributed by atoms with Gasteiger partial charge in [-0.2, -0.15) is 0 Å². The number of carbonyl (C=O) groups excluding carboxylic acids is 2. The highest BCUT2D eigenvalue weighted by atomic mass is 32.1. The summed E-state index contributed by atoms with van der Waals surface area (Å²) in [4.78, 5) is 25.5. The van der Waals surface area contributed by atoms with Crippen LogP contribution in [0.3, 0.4) is 0 Å². The zero-order valence-electron chi connectivity index (χ0n) is 13.6. The number of nitrogens with zero attached hydrogens (tertiary/aromatic N) is 1. The molecule has 0 saturated heterocycles. The van der Waals surface area contributed by atoms with Crippen molar-refractivity contribution in [2.75, 3.05) is 25.0 Å². The van der Waals surface area contributed by atoms with Crippen LogP contribution in [0.1, 0.15) is 22.3 Å². The van der Waals surface area contributed by atoms with Gasteiger partial charge in [-0.15, -0.1) is 11.3 Å². The van der Waals surface area contributed by atoms with Gasteiger partial charge in [0, 0.05) is 13.1 Å². The van der Waals surface area contributed by atoms with Crippen molar-refractivity contribution < 1.29 is 14.7 Å². The Hall–Kier alpha value is -2.64. The number of hydrogen-bond acceptors (Lipinski definition) is 5. The number of amides is 2. The summed E-state index contributed by atoms with van der Waals surface area (Å²) in [7, 11) is 0. The second kappa shape index (κ2) is 7.50. The van der Waals surface area contributed by atoms with E-state index < -0.39 is 5.91 Å². The standard InChI is InChI=1S/C18H19N3O3S/c19-17(24)15-7-10-25-18(15)20-16(23)11-21-8-5-13(6-9-21)12-1-3-14(22)4-2-12/h1-5,7,10,22H,6,8-9,11H2,(H2,19,24)(H,20,23). The Balaban J connectivity index is 1.56. The van der Waals surface area contributed by atoms with E-state index in [1.807, 2.05) is 17.0 Å². The van der Waals surface area contributed by atoms with Crippen molar-refractivity contribution in [2.24, 2.45) is 5.73 Å². The highest BCUT2D eigenvalue weighted by molar-refractivity contribution is 7.14. The highest BCUT2D eigenvalue weighted by Crippen LogP contribution is 2.25. The number of rotatable bonds is 5. The molecule has 7 heteroatoms. The van der Waals surface area contributed by atoms with Crippen molar-refractivity contribution in [3.8, 4) is 5.75 Å². The van der Waals surface area contributed by atoms with Crippen LogP contribution < -0.4 is 11.1 Å². The van der Waals surface area contributed by atoms with Crippen LogP contribution in [0, 0.1) is 0 Å². The van der Waals surface area contributed by atoms with E-state index >= 15 is 0 Å². The highest BCUT2D eigenvalue weighted by Gasteiger charge is 2.18. The molecule has 130 valence electrons. The van der Waals surface area contributed by atoms with Gasteiger partial charge in [-0.25, -0.2) is 0 Å². The molecule has 3 rings (SSSR count). The van der Waals surface area contributed by atoms with Crippen LogP contribution in [-0.4, -0.2) is 41.5 Å². The molecule has 0 radical (unpaired) electrons. The number of benzene rings is 1. The minimum absolute atomic E-state index is 0.161. The summed E-state index contributed by atoms with van der Waals surface area (Å²) in [5.74, 6) is -0.454. The van der Waals surface area contributed by atoms with Crippen LogP contribution in [0.2, 0.25) is 0 Å². The fraction of sp³-hybridized carbons (Fsp3) is 0.222. The zero-order chi connectivity index (χ0) is 17.8. The molecule has 1 aliphatic heterocycles. The molecule has 1 aromatic carbocycles. The van der Waals surface area contributed by atoms with E-state index in [9.17, 15) is 14.7 Å². The van der Waals surface area contributed by atoms with Gasteiger partial charge in [0.1, 0.15) is 10.8 Å². The van der Waals surface area contributed by atoms with Crippen molar-refractivity contribution in [3.05, 3.63) is 52.9 Å². The number of anilines is 1. The number of aromatic hydroxyl groups is 1. The maximum Gasteiger partial charge on any atom is 0.251 e. The van der Waals surface area contributed by atoms with Crippen LogP contribution in [0.4, 0.5) is 5.00 Å². The first-order chi connectivity index (χ1) is 12.0. The molecule has 0 atom stereocenters. The average molecular weight is 357 g/mol. The number of carbonyl (C=O) groups is 2. The van der Waals surface area contributed by atoms with Gasteiger partial charge in [-0.1, -0.05) is 18.2 Å². The monoisotopic (exact) mass is 357 g/mol. The maximum atomic E-state index is 12.2. The third kappa shape index (κ3) is 4.26. The van der Waals surface area contributed by atoms with E-state index in [1.165, 1.54) is 16.9 Å². The lowest BCUT2D eigenvalue weighted by atomic mass is 9.99. The normalized spacial score (nSPS) is 14.8. The quantitative estimate of drug-likeness (QED) is 0.765.